The van der Waals surface area contributed by atoms with Crippen molar-refractivity contribution < 1.29 is 8.81 Å². The maximum atomic E-state index is 13.1. The van der Waals surface area contributed by atoms with Gasteiger partial charge in [0.15, 0.2) is 0 Å². The lowest BCUT2D eigenvalue weighted by Crippen LogP contribution is -2.45. The molecule has 0 atom stereocenters. The van der Waals surface area contributed by atoms with Crippen molar-refractivity contribution in [1.29, 1.82) is 0 Å². The summed E-state index contributed by atoms with van der Waals surface area (Å²) >= 11 is 1.78. The fraction of sp³-hybridized carbons (Fsp3) is 0.273. The molecule has 0 bridgehead atoms. The van der Waals surface area contributed by atoms with Gasteiger partial charge in [0.05, 0.1) is 22.5 Å². The van der Waals surface area contributed by atoms with Crippen LogP contribution in [0.3, 0.4) is 0 Å². The van der Waals surface area contributed by atoms with E-state index in [1.807, 2.05) is 6.07 Å². The molecule has 1 aliphatic rings. The summed E-state index contributed by atoms with van der Waals surface area (Å²) in [5.74, 6) is 0.277. The molecule has 0 radical (unpaired) electrons. The van der Waals surface area contributed by atoms with Crippen molar-refractivity contribution in [1.82, 2.24) is 19.8 Å². The van der Waals surface area contributed by atoms with Crippen LogP contribution < -0.4 is 0 Å². The number of fused-ring (bicyclic) bond motifs is 1. The second-order valence-corrected chi connectivity index (χ2v) is 8.39. The highest BCUT2D eigenvalue weighted by molar-refractivity contribution is 7.18. The van der Waals surface area contributed by atoms with E-state index in [1.54, 1.807) is 29.7 Å². The number of thiazole rings is 1. The van der Waals surface area contributed by atoms with Gasteiger partial charge in [0.2, 0.25) is 5.89 Å². The van der Waals surface area contributed by atoms with Gasteiger partial charge in [-0.3, -0.25) is 9.80 Å². The molecule has 1 saturated heterocycles. The Balaban J connectivity index is 1.15. The third-order valence-corrected chi connectivity index (χ3v) is 6.21. The Kier molecular flexibility index (Phi) is 5.10. The predicted octanol–water partition coefficient (Wildman–Crippen LogP) is 4.41. The smallest absolute Gasteiger partial charge is 0.226 e. The molecule has 3 heterocycles. The molecular weight excluding hydrogens is 387 g/mol. The first-order chi connectivity index (χ1) is 14.2. The first-order valence-electron chi connectivity index (χ1n) is 9.72. The highest BCUT2D eigenvalue weighted by Gasteiger charge is 2.19. The summed E-state index contributed by atoms with van der Waals surface area (Å²) in [4.78, 5) is 14.2. The Hall–Kier alpha value is -2.61. The number of oxazole rings is 1. The van der Waals surface area contributed by atoms with Gasteiger partial charge in [0, 0.05) is 38.3 Å². The average molecular weight is 409 g/mol. The van der Waals surface area contributed by atoms with E-state index in [4.69, 9.17) is 9.40 Å². The highest BCUT2D eigenvalue weighted by atomic mass is 32.1. The zero-order valence-corrected chi connectivity index (χ0v) is 16.7. The molecule has 7 heteroatoms. The minimum atomic E-state index is -0.260. The minimum Gasteiger partial charge on any atom is -0.444 e. The first kappa shape index (κ1) is 18.4. The molecule has 0 saturated carbocycles. The van der Waals surface area contributed by atoms with Crippen molar-refractivity contribution >= 4 is 21.6 Å². The summed E-state index contributed by atoms with van der Waals surface area (Å²) in [5.41, 5.74) is 2.79. The van der Waals surface area contributed by atoms with Crippen molar-refractivity contribution in [3.8, 4) is 11.5 Å². The summed E-state index contributed by atoms with van der Waals surface area (Å²) in [6, 6.07) is 14.5. The van der Waals surface area contributed by atoms with Gasteiger partial charge in [-0.2, -0.15) is 0 Å². The lowest BCUT2D eigenvalue weighted by Gasteiger charge is -2.33. The largest absolute Gasteiger partial charge is 0.444 e. The van der Waals surface area contributed by atoms with E-state index in [-0.39, 0.29) is 5.82 Å². The molecule has 4 aromatic rings. The second-order valence-electron chi connectivity index (χ2n) is 7.28. The number of benzene rings is 2. The molecule has 0 spiro atoms. The van der Waals surface area contributed by atoms with Crippen LogP contribution in [0.15, 0.2) is 59.2 Å². The molecule has 148 valence electrons. The summed E-state index contributed by atoms with van der Waals surface area (Å²) in [7, 11) is 0. The zero-order chi connectivity index (χ0) is 19.6. The third kappa shape index (κ3) is 4.22. The number of hydrogen-bond donors (Lipinski definition) is 0. The SMILES string of the molecule is Fc1ccc(-c2nc(CN3CCN(Cc4nc5ccccc5s4)CC3)co2)cc1. The van der Waals surface area contributed by atoms with Crippen LogP contribution >= 0.6 is 11.3 Å². The summed E-state index contributed by atoms with van der Waals surface area (Å²) in [6.45, 7) is 5.68. The summed E-state index contributed by atoms with van der Waals surface area (Å²) in [6.07, 6.45) is 1.70. The molecule has 0 aliphatic carbocycles. The van der Waals surface area contributed by atoms with Crippen LogP contribution in [0, 0.1) is 5.82 Å². The second kappa shape index (κ2) is 8.02. The predicted molar refractivity (Wildman–Crippen MR) is 112 cm³/mol. The number of aromatic nitrogens is 2. The fourth-order valence-electron chi connectivity index (χ4n) is 3.62. The Morgan fingerprint density at radius 3 is 2.38 bits per heavy atom. The molecule has 2 aromatic carbocycles. The van der Waals surface area contributed by atoms with Crippen LogP contribution in [0.5, 0.6) is 0 Å². The molecular formula is C22H21FN4OS. The molecule has 5 rings (SSSR count). The van der Waals surface area contributed by atoms with Crippen LogP contribution in [0.2, 0.25) is 0 Å². The average Bonchev–Trinajstić information content (AvgIpc) is 3.36. The van der Waals surface area contributed by atoms with Gasteiger partial charge in [-0.15, -0.1) is 11.3 Å². The minimum absolute atomic E-state index is 0.260. The monoisotopic (exact) mass is 408 g/mol. The van der Waals surface area contributed by atoms with E-state index in [2.05, 4.69) is 33.0 Å². The van der Waals surface area contributed by atoms with Crippen LogP contribution in [-0.2, 0) is 13.1 Å². The molecule has 0 N–H and O–H groups in total. The van der Waals surface area contributed by atoms with Crippen molar-refractivity contribution in [2.45, 2.75) is 13.1 Å². The Morgan fingerprint density at radius 2 is 1.62 bits per heavy atom. The third-order valence-electron chi connectivity index (χ3n) is 5.19. The van der Waals surface area contributed by atoms with Gasteiger partial charge in [0.25, 0.3) is 0 Å². The molecule has 2 aromatic heterocycles. The van der Waals surface area contributed by atoms with E-state index in [0.717, 1.165) is 56.0 Å². The number of hydrogen-bond acceptors (Lipinski definition) is 6. The fourth-order valence-corrected chi connectivity index (χ4v) is 4.63. The van der Waals surface area contributed by atoms with E-state index in [1.165, 1.54) is 21.8 Å². The van der Waals surface area contributed by atoms with Crippen molar-refractivity contribution in [2.24, 2.45) is 0 Å². The number of rotatable bonds is 5. The number of piperazine rings is 1. The van der Waals surface area contributed by atoms with Gasteiger partial charge in [-0.05, 0) is 36.4 Å². The molecule has 0 amide bonds. The zero-order valence-electron chi connectivity index (χ0n) is 15.9. The number of nitrogens with zero attached hydrogens (tertiary/aromatic N) is 4. The Labute approximate surface area is 172 Å². The van der Waals surface area contributed by atoms with Crippen molar-refractivity contribution in [3.05, 3.63) is 71.3 Å². The van der Waals surface area contributed by atoms with Crippen LogP contribution in [0.4, 0.5) is 4.39 Å². The van der Waals surface area contributed by atoms with Crippen molar-refractivity contribution in [3.63, 3.8) is 0 Å². The van der Waals surface area contributed by atoms with Crippen molar-refractivity contribution in [2.75, 3.05) is 26.2 Å². The van der Waals surface area contributed by atoms with E-state index in [9.17, 15) is 4.39 Å². The molecule has 5 nitrogen and oxygen atoms in total. The van der Waals surface area contributed by atoms with E-state index >= 15 is 0 Å². The number of para-hydroxylation sites is 1. The standard InChI is InChI=1S/C22H21FN4OS/c23-17-7-5-16(6-8-17)22-24-18(15-28-22)13-26-9-11-27(12-10-26)14-21-25-19-3-1-2-4-20(19)29-21/h1-8,15H,9-14H2. The lowest BCUT2D eigenvalue weighted by atomic mass is 10.2. The van der Waals surface area contributed by atoms with Crippen LogP contribution in [0.1, 0.15) is 10.7 Å². The lowest BCUT2D eigenvalue weighted by molar-refractivity contribution is 0.121. The maximum absolute atomic E-state index is 13.1. The normalized spacial score (nSPS) is 15.9. The molecule has 0 unspecified atom stereocenters. The molecule has 1 aliphatic heterocycles. The highest BCUT2D eigenvalue weighted by Crippen LogP contribution is 2.23. The number of halogens is 1. The van der Waals surface area contributed by atoms with Gasteiger partial charge in [0.1, 0.15) is 17.1 Å². The van der Waals surface area contributed by atoms with Crippen LogP contribution in [-0.4, -0.2) is 45.9 Å². The Morgan fingerprint density at radius 1 is 0.897 bits per heavy atom. The van der Waals surface area contributed by atoms with Gasteiger partial charge >= 0.3 is 0 Å². The Bertz CT molecular complexity index is 1070. The summed E-state index contributed by atoms with van der Waals surface area (Å²) in [5, 5.41) is 1.18. The quantitative estimate of drug-likeness (QED) is 0.490. The molecule has 1 fully saturated rings. The topological polar surface area (TPSA) is 45.4 Å². The maximum Gasteiger partial charge on any atom is 0.226 e. The van der Waals surface area contributed by atoms with Gasteiger partial charge in [-0.25, -0.2) is 14.4 Å². The molecule has 29 heavy (non-hydrogen) atoms. The van der Waals surface area contributed by atoms with Gasteiger partial charge < -0.3 is 4.42 Å². The van der Waals surface area contributed by atoms with Gasteiger partial charge in [-0.1, -0.05) is 12.1 Å². The summed E-state index contributed by atoms with van der Waals surface area (Å²) < 4.78 is 19.9. The van der Waals surface area contributed by atoms with E-state index in [0.29, 0.717) is 5.89 Å². The first-order valence-corrected chi connectivity index (χ1v) is 10.5. The van der Waals surface area contributed by atoms with E-state index < -0.39 is 0 Å². The van der Waals surface area contributed by atoms with Crippen LogP contribution in [0.25, 0.3) is 21.7 Å².